The van der Waals surface area contributed by atoms with Crippen LogP contribution in [0.15, 0.2) is 18.2 Å². The minimum Gasteiger partial charge on any atom is -0.508 e. The van der Waals surface area contributed by atoms with Gasteiger partial charge in [0.15, 0.2) is 0 Å². The number of benzene rings is 1. The first kappa shape index (κ1) is 11.5. The molecule has 0 radical (unpaired) electrons. The first-order valence-electron chi connectivity index (χ1n) is 4.47. The Kier molecular flexibility index (Phi) is 2.98. The van der Waals surface area contributed by atoms with Crippen molar-refractivity contribution in [1.82, 2.24) is 0 Å². The Morgan fingerprint density at radius 3 is 2.53 bits per heavy atom. The standard InChI is InChI=1S/C11H13FO3/c1-11(2,12)8-6-7(10(14)15-3)4-5-9(8)13/h4-6,13H,1-3H3. The van der Waals surface area contributed by atoms with Gasteiger partial charge in [-0.25, -0.2) is 9.18 Å². The SMILES string of the molecule is COC(=O)c1ccc(O)c(C(C)(C)F)c1. The average molecular weight is 212 g/mol. The molecule has 3 nitrogen and oxygen atoms in total. The molecule has 0 saturated heterocycles. The largest absolute Gasteiger partial charge is 0.508 e. The molecule has 0 unspecified atom stereocenters. The smallest absolute Gasteiger partial charge is 0.337 e. The lowest BCUT2D eigenvalue weighted by atomic mass is 9.97. The third-order valence-corrected chi connectivity index (χ3v) is 2.06. The van der Waals surface area contributed by atoms with Crippen LogP contribution < -0.4 is 0 Å². The number of rotatable bonds is 2. The lowest BCUT2D eigenvalue weighted by molar-refractivity contribution is 0.0600. The number of phenolic OH excluding ortho intramolecular Hbond substituents is 1. The van der Waals surface area contributed by atoms with E-state index in [0.717, 1.165) is 0 Å². The van der Waals surface area contributed by atoms with E-state index in [1.807, 2.05) is 0 Å². The Labute approximate surface area is 87.5 Å². The van der Waals surface area contributed by atoms with Gasteiger partial charge in [-0.05, 0) is 32.0 Å². The van der Waals surface area contributed by atoms with E-state index >= 15 is 0 Å². The normalized spacial score (nSPS) is 11.2. The van der Waals surface area contributed by atoms with Gasteiger partial charge in [0.2, 0.25) is 0 Å². The summed E-state index contributed by atoms with van der Waals surface area (Å²) in [4.78, 5) is 11.2. The predicted octanol–water partition coefficient (Wildman–Crippen LogP) is 2.38. The summed E-state index contributed by atoms with van der Waals surface area (Å²) < 4.78 is 18.1. The molecule has 0 fully saturated rings. The lowest BCUT2D eigenvalue weighted by Crippen LogP contribution is -2.11. The van der Waals surface area contributed by atoms with Crippen LogP contribution in [0.4, 0.5) is 4.39 Å². The van der Waals surface area contributed by atoms with Gasteiger partial charge in [0.1, 0.15) is 11.4 Å². The van der Waals surface area contributed by atoms with Gasteiger partial charge in [-0.3, -0.25) is 0 Å². The summed E-state index contributed by atoms with van der Waals surface area (Å²) in [5.41, 5.74) is -1.41. The summed E-state index contributed by atoms with van der Waals surface area (Å²) in [7, 11) is 1.25. The molecular formula is C11H13FO3. The molecule has 0 spiro atoms. The first-order chi connectivity index (χ1) is 6.86. The quantitative estimate of drug-likeness (QED) is 0.765. The number of aromatic hydroxyl groups is 1. The van der Waals surface area contributed by atoms with Crippen molar-refractivity contribution in [2.24, 2.45) is 0 Å². The van der Waals surface area contributed by atoms with Crippen LogP contribution in [-0.2, 0) is 10.4 Å². The summed E-state index contributed by atoms with van der Waals surface area (Å²) in [5.74, 6) is -0.726. The minimum absolute atomic E-state index is 0.0744. The number of halogens is 1. The monoisotopic (exact) mass is 212 g/mol. The molecule has 0 aliphatic carbocycles. The maximum Gasteiger partial charge on any atom is 0.337 e. The van der Waals surface area contributed by atoms with Crippen LogP contribution in [0.25, 0.3) is 0 Å². The van der Waals surface area contributed by atoms with Gasteiger partial charge < -0.3 is 9.84 Å². The molecular weight excluding hydrogens is 199 g/mol. The van der Waals surface area contributed by atoms with E-state index in [1.165, 1.54) is 39.2 Å². The number of esters is 1. The van der Waals surface area contributed by atoms with Crippen molar-refractivity contribution in [2.75, 3.05) is 7.11 Å². The molecule has 0 bridgehead atoms. The number of carbonyl (C=O) groups excluding carboxylic acids is 1. The van der Waals surface area contributed by atoms with Crippen molar-refractivity contribution in [2.45, 2.75) is 19.5 Å². The van der Waals surface area contributed by atoms with E-state index in [9.17, 15) is 14.3 Å². The second-order valence-corrected chi connectivity index (χ2v) is 3.70. The second-order valence-electron chi connectivity index (χ2n) is 3.70. The van der Waals surface area contributed by atoms with Gasteiger partial charge in [-0.1, -0.05) is 0 Å². The van der Waals surface area contributed by atoms with Crippen LogP contribution in [0.1, 0.15) is 29.8 Å². The summed E-state index contributed by atoms with van der Waals surface area (Å²) in [6, 6.07) is 3.96. The van der Waals surface area contributed by atoms with Crippen molar-refractivity contribution >= 4 is 5.97 Å². The third-order valence-electron chi connectivity index (χ3n) is 2.06. The first-order valence-corrected chi connectivity index (χ1v) is 4.47. The molecule has 0 aliphatic rings. The Hall–Kier alpha value is -1.58. The van der Waals surface area contributed by atoms with E-state index in [2.05, 4.69) is 4.74 Å². The second kappa shape index (κ2) is 3.88. The number of methoxy groups -OCH3 is 1. The Balaban J connectivity index is 3.23. The summed E-state index contributed by atoms with van der Waals surface area (Å²) in [6.45, 7) is 2.62. The molecule has 0 aliphatic heterocycles. The lowest BCUT2D eigenvalue weighted by Gasteiger charge is -2.16. The topological polar surface area (TPSA) is 46.5 Å². The van der Waals surface area contributed by atoms with Crippen molar-refractivity contribution < 1.29 is 19.0 Å². The fourth-order valence-electron chi connectivity index (χ4n) is 1.26. The van der Waals surface area contributed by atoms with E-state index in [4.69, 9.17) is 0 Å². The molecule has 82 valence electrons. The zero-order valence-electron chi connectivity index (χ0n) is 8.87. The minimum atomic E-state index is -1.70. The molecule has 0 heterocycles. The Morgan fingerprint density at radius 1 is 1.47 bits per heavy atom. The summed E-state index contributed by atoms with van der Waals surface area (Å²) in [6.07, 6.45) is 0. The van der Waals surface area contributed by atoms with Crippen LogP contribution in [0, 0.1) is 0 Å². The number of hydrogen-bond donors (Lipinski definition) is 1. The Bertz CT molecular complexity index is 380. The van der Waals surface area contributed by atoms with Gasteiger partial charge in [-0.15, -0.1) is 0 Å². The zero-order valence-corrected chi connectivity index (χ0v) is 8.87. The highest BCUT2D eigenvalue weighted by molar-refractivity contribution is 5.89. The van der Waals surface area contributed by atoms with Crippen LogP contribution >= 0.6 is 0 Å². The Morgan fingerprint density at radius 2 is 2.07 bits per heavy atom. The molecule has 0 amide bonds. The molecule has 0 saturated carbocycles. The molecule has 0 atom stereocenters. The van der Waals surface area contributed by atoms with Crippen molar-refractivity contribution in [1.29, 1.82) is 0 Å². The van der Waals surface area contributed by atoms with E-state index in [0.29, 0.717) is 0 Å². The fourth-order valence-corrected chi connectivity index (χ4v) is 1.26. The van der Waals surface area contributed by atoms with Crippen LogP contribution in [0.5, 0.6) is 5.75 Å². The summed E-state index contributed by atoms with van der Waals surface area (Å²) >= 11 is 0. The van der Waals surface area contributed by atoms with Gasteiger partial charge in [-0.2, -0.15) is 0 Å². The molecule has 4 heteroatoms. The molecule has 1 rings (SSSR count). The average Bonchev–Trinajstić information content (AvgIpc) is 2.15. The van der Waals surface area contributed by atoms with Gasteiger partial charge in [0.05, 0.1) is 12.7 Å². The van der Waals surface area contributed by atoms with Crippen LogP contribution in [0.3, 0.4) is 0 Å². The third kappa shape index (κ3) is 2.46. The molecule has 1 aromatic rings. The number of phenols is 1. The van der Waals surface area contributed by atoms with Crippen LogP contribution in [-0.4, -0.2) is 18.2 Å². The van der Waals surface area contributed by atoms with E-state index in [1.54, 1.807) is 0 Å². The highest BCUT2D eigenvalue weighted by Gasteiger charge is 2.24. The zero-order chi connectivity index (χ0) is 11.6. The predicted molar refractivity (Wildman–Crippen MR) is 53.6 cm³/mol. The fraction of sp³-hybridized carbons (Fsp3) is 0.364. The van der Waals surface area contributed by atoms with Crippen molar-refractivity contribution in [3.05, 3.63) is 29.3 Å². The summed E-state index contributed by atoms with van der Waals surface area (Å²) in [5, 5.41) is 9.43. The number of carbonyl (C=O) groups is 1. The van der Waals surface area contributed by atoms with E-state index in [-0.39, 0.29) is 16.9 Å². The molecule has 0 aromatic heterocycles. The number of alkyl halides is 1. The van der Waals surface area contributed by atoms with Crippen LogP contribution in [0.2, 0.25) is 0 Å². The molecule has 15 heavy (non-hydrogen) atoms. The highest BCUT2D eigenvalue weighted by Crippen LogP contribution is 2.32. The maximum atomic E-state index is 13.6. The van der Waals surface area contributed by atoms with Gasteiger partial charge >= 0.3 is 5.97 Å². The number of ether oxygens (including phenoxy) is 1. The van der Waals surface area contributed by atoms with E-state index < -0.39 is 11.6 Å². The van der Waals surface area contributed by atoms with Gasteiger partial charge in [0, 0.05) is 5.56 Å². The maximum absolute atomic E-state index is 13.6. The van der Waals surface area contributed by atoms with Crippen molar-refractivity contribution in [3.63, 3.8) is 0 Å². The van der Waals surface area contributed by atoms with Crippen molar-refractivity contribution in [3.8, 4) is 5.75 Å². The molecule has 1 N–H and O–H groups in total. The number of hydrogen-bond acceptors (Lipinski definition) is 3. The van der Waals surface area contributed by atoms with Gasteiger partial charge in [0.25, 0.3) is 0 Å². The molecule has 1 aromatic carbocycles. The highest BCUT2D eigenvalue weighted by atomic mass is 19.1.